The molecule has 1 aliphatic rings. The topological polar surface area (TPSA) is 84.4 Å². The summed E-state index contributed by atoms with van der Waals surface area (Å²) in [5.41, 5.74) is 3.45. The minimum atomic E-state index is -4.56. The van der Waals surface area contributed by atoms with E-state index in [4.69, 9.17) is 5.73 Å². The van der Waals surface area contributed by atoms with Crippen LogP contribution in [0.5, 0.6) is 5.75 Å². The molecule has 0 radical (unpaired) electrons. The molecule has 0 saturated carbocycles. The highest BCUT2D eigenvalue weighted by atomic mass is 19.4. The van der Waals surface area contributed by atoms with Crippen molar-refractivity contribution in [3.63, 3.8) is 0 Å². The molecule has 0 unspecified atom stereocenters. The van der Waals surface area contributed by atoms with Gasteiger partial charge in [-0.15, -0.1) is 0 Å². The van der Waals surface area contributed by atoms with Crippen LogP contribution < -0.4 is 16.2 Å². The van der Waals surface area contributed by atoms with E-state index >= 15 is 0 Å². The summed E-state index contributed by atoms with van der Waals surface area (Å²) in [6.45, 7) is 0.512. The number of phenolic OH excluding ortho intramolecular Hbond substituents is 1. The average molecular weight is 354 g/mol. The molecule has 1 aromatic heterocycles. The second-order valence-electron chi connectivity index (χ2n) is 6.25. The first-order valence-electron chi connectivity index (χ1n) is 7.61. The molecule has 0 aliphatic carbocycles. The molecule has 1 atom stereocenters. The lowest BCUT2D eigenvalue weighted by atomic mass is 10.00. The number of aromatic nitrogens is 2. The van der Waals surface area contributed by atoms with E-state index in [0.717, 1.165) is 28.0 Å². The van der Waals surface area contributed by atoms with E-state index in [0.29, 0.717) is 0 Å². The van der Waals surface area contributed by atoms with Crippen LogP contribution in [0.4, 0.5) is 24.9 Å². The number of fused-ring (bicyclic) bond motifs is 1. The van der Waals surface area contributed by atoms with E-state index in [9.17, 15) is 23.1 Å². The lowest BCUT2D eigenvalue weighted by Gasteiger charge is -2.36. The van der Waals surface area contributed by atoms with E-state index in [1.807, 2.05) is 0 Å². The fraction of sp³-hybridized carbons (Fsp3) is 0.375. The van der Waals surface area contributed by atoms with Crippen molar-refractivity contribution in [2.45, 2.75) is 31.6 Å². The quantitative estimate of drug-likeness (QED) is 0.880. The van der Waals surface area contributed by atoms with Crippen molar-refractivity contribution in [1.82, 2.24) is 9.55 Å². The molecule has 1 aliphatic heterocycles. The summed E-state index contributed by atoms with van der Waals surface area (Å²) in [5.74, 6) is -0.114. The monoisotopic (exact) mass is 354 g/mol. The van der Waals surface area contributed by atoms with Crippen LogP contribution >= 0.6 is 0 Å². The Kier molecular flexibility index (Phi) is 3.89. The summed E-state index contributed by atoms with van der Waals surface area (Å²) >= 11 is 0. The van der Waals surface area contributed by atoms with Crippen LogP contribution in [-0.2, 0) is 13.0 Å². The van der Waals surface area contributed by atoms with Crippen molar-refractivity contribution in [2.24, 2.45) is 0 Å². The molecule has 2 heterocycles. The van der Waals surface area contributed by atoms with Gasteiger partial charge in [-0.25, -0.2) is 0 Å². The number of aromatic hydroxyl groups is 1. The summed E-state index contributed by atoms with van der Waals surface area (Å²) in [6, 6.07) is 7.23. The lowest BCUT2D eigenvalue weighted by molar-refractivity contribution is -0.182. The van der Waals surface area contributed by atoms with Gasteiger partial charge >= 0.3 is 6.18 Å². The Morgan fingerprint density at radius 2 is 1.96 bits per heavy atom. The van der Waals surface area contributed by atoms with Crippen molar-refractivity contribution in [3.8, 4) is 5.75 Å². The summed E-state index contributed by atoms with van der Waals surface area (Å²) in [5, 5.41) is 9.30. The number of hydrogen-bond acceptors (Lipinski definition) is 5. The second kappa shape index (κ2) is 5.68. The summed E-state index contributed by atoms with van der Waals surface area (Å²) in [4.78, 5) is 17.1. The zero-order valence-electron chi connectivity index (χ0n) is 13.4. The van der Waals surface area contributed by atoms with Gasteiger partial charge in [0.05, 0.1) is 6.54 Å². The first-order valence-corrected chi connectivity index (χ1v) is 7.61. The summed E-state index contributed by atoms with van der Waals surface area (Å²) in [6.07, 6.45) is -4.27. The number of benzene rings is 1. The zero-order chi connectivity index (χ0) is 18.4. The van der Waals surface area contributed by atoms with Crippen LogP contribution in [0.15, 0.2) is 35.1 Å². The fourth-order valence-corrected chi connectivity index (χ4v) is 2.97. The maximum absolute atomic E-state index is 13.7. The zero-order valence-corrected chi connectivity index (χ0v) is 13.4. The Morgan fingerprint density at radius 3 is 2.56 bits per heavy atom. The third-order valence-electron chi connectivity index (χ3n) is 4.48. The van der Waals surface area contributed by atoms with E-state index in [2.05, 4.69) is 4.98 Å². The largest absolute Gasteiger partial charge is 0.508 e. The van der Waals surface area contributed by atoms with Gasteiger partial charge in [0.2, 0.25) is 5.95 Å². The number of nitrogens with two attached hydrogens (primary N) is 1. The van der Waals surface area contributed by atoms with Crippen molar-refractivity contribution in [1.29, 1.82) is 0 Å². The van der Waals surface area contributed by atoms with Crippen LogP contribution in [0.3, 0.4) is 0 Å². The van der Waals surface area contributed by atoms with Gasteiger partial charge in [-0.1, -0.05) is 12.1 Å². The molecule has 2 aromatic rings. The summed E-state index contributed by atoms with van der Waals surface area (Å²) < 4.78 is 42.2. The van der Waals surface area contributed by atoms with Crippen LogP contribution in [0.25, 0.3) is 0 Å². The maximum atomic E-state index is 13.7. The smallest absolute Gasteiger partial charge is 0.413 e. The highest BCUT2D eigenvalue weighted by molar-refractivity contribution is 5.47. The van der Waals surface area contributed by atoms with E-state index in [-0.39, 0.29) is 30.5 Å². The van der Waals surface area contributed by atoms with Gasteiger partial charge in [-0.2, -0.15) is 18.2 Å². The molecule has 6 nitrogen and oxygen atoms in total. The Labute approximate surface area is 141 Å². The normalized spacial score (nSPS) is 19.9. The number of alkyl halides is 3. The number of anilines is 2. The molecule has 1 aromatic carbocycles. The van der Waals surface area contributed by atoms with Gasteiger partial charge in [0, 0.05) is 12.6 Å². The van der Waals surface area contributed by atoms with Gasteiger partial charge in [0.15, 0.2) is 5.54 Å². The minimum Gasteiger partial charge on any atom is -0.508 e. The maximum Gasteiger partial charge on any atom is 0.413 e. The molecular weight excluding hydrogens is 337 g/mol. The van der Waals surface area contributed by atoms with Gasteiger partial charge < -0.3 is 15.7 Å². The fourth-order valence-electron chi connectivity index (χ4n) is 2.97. The molecule has 0 fully saturated rings. The first-order chi connectivity index (χ1) is 11.6. The molecule has 9 heteroatoms. The predicted molar refractivity (Wildman–Crippen MR) is 86.5 cm³/mol. The number of rotatable bonds is 3. The van der Waals surface area contributed by atoms with Crippen molar-refractivity contribution in [2.75, 3.05) is 17.2 Å². The van der Waals surface area contributed by atoms with Gasteiger partial charge in [0.25, 0.3) is 5.56 Å². The standard InChI is InChI=1S/C16H17F3N4O2/c1-15(16(17,18)19)9-22-13(25)8-12(20)21-14(22)23(15)7-6-10-2-4-11(24)5-3-10/h2-5,8,24H,6-7,9,20H2,1H3/t15-/m0/s1. The minimum absolute atomic E-state index is 0.00330. The Morgan fingerprint density at radius 1 is 1.32 bits per heavy atom. The van der Waals surface area contributed by atoms with Gasteiger partial charge in [-0.05, 0) is 31.0 Å². The lowest BCUT2D eigenvalue weighted by Crippen LogP contribution is -2.56. The molecular formula is C16H17F3N4O2. The predicted octanol–water partition coefficient (Wildman–Crippen LogP) is 1.91. The highest BCUT2D eigenvalue weighted by Gasteiger charge is 2.59. The average Bonchev–Trinajstić information content (AvgIpc) is 2.80. The first kappa shape index (κ1) is 17.1. The van der Waals surface area contributed by atoms with E-state index in [1.54, 1.807) is 12.1 Å². The van der Waals surface area contributed by atoms with Gasteiger partial charge in [-0.3, -0.25) is 9.36 Å². The van der Waals surface area contributed by atoms with Crippen LogP contribution in [0.1, 0.15) is 12.5 Å². The van der Waals surface area contributed by atoms with Crippen molar-refractivity contribution < 1.29 is 18.3 Å². The molecule has 134 valence electrons. The van der Waals surface area contributed by atoms with Crippen LogP contribution in [0, 0.1) is 0 Å². The van der Waals surface area contributed by atoms with E-state index < -0.39 is 23.8 Å². The van der Waals surface area contributed by atoms with E-state index in [1.165, 1.54) is 12.1 Å². The SMILES string of the molecule is C[C@@]1(C(F)(F)F)Cn2c(nc(N)cc2=O)N1CCc1ccc(O)cc1. The number of halogens is 3. The van der Waals surface area contributed by atoms with Gasteiger partial charge in [0.1, 0.15) is 11.6 Å². The Balaban J connectivity index is 1.98. The molecule has 0 spiro atoms. The number of phenols is 1. The molecule has 0 saturated heterocycles. The highest BCUT2D eigenvalue weighted by Crippen LogP contribution is 2.43. The number of nitrogens with zero attached hydrogens (tertiary/aromatic N) is 3. The molecule has 0 bridgehead atoms. The van der Waals surface area contributed by atoms with Crippen molar-refractivity contribution in [3.05, 3.63) is 46.2 Å². The molecule has 3 N–H and O–H groups in total. The van der Waals surface area contributed by atoms with Crippen LogP contribution in [-0.4, -0.2) is 32.9 Å². The third kappa shape index (κ3) is 2.90. The third-order valence-corrected chi connectivity index (χ3v) is 4.48. The Bertz CT molecular complexity index is 848. The van der Waals surface area contributed by atoms with Crippen LogP contribution in [0.2, 0.25) is 0 Å². The molecule has 0 amide bonds. The summed E-state index contributed by atoms with van der Waals surface area (Å²) in [7, 11) is 0. The Hall–Kier alpha value is -2.71. The van der Waals surface area contributed by atoms with Crippen molar-refractivity contribution >= 4 is 11.8 Å². The molecule has 3 rings (SSSR count). The molecule has 25 heavy (non-hydrogen) atoms. The number of hydrogen-bond donors (Lipinski definition) is 2. The second-order valence-corrected chi connectivity index (χ2v) is 6.25. The number of nitrogen functional groups attached to an aromatic ring is 1.